The van der Waals surface area contributed by atoms with Crippen molar-refractivity contribution in [3.8, 4) is 28.7 Å². The van der Waals surface area contributed by atoms with Crippen molar-refractivity contribution in [2.75, 3.05) is 19.7 Å². The molecule has 0 atom stereocenters. The van der Waals surface area contributed by atoms with E-state index in [2.05, 4.69) is 62.5 Å². The van der Waals surface area contributed by atoms with Gasteiger partial charge in [-0.05, 0) is 92.5 Å². The molecule has 0 fully saturated rings. The van der Waals surface area contributed by atoms with Crippen molar-refractivity contribution in [1.82, 2.24) is 19.7 Å². The van der Waals surface area contributed by atoms with Gasteiger partial charge in [0.15, 0.2) is 5.82 Å². The summed E-state index contributed by atoms with van der Waals surface area (Å²) in [6, 6.07) is 17.2. The first-order chi connectivity index (χ1) is 21.9. The lowest BCUT2D eigenvalue weighted by atomic mass is 9.94. The lowest BCUT2D eigenvalue weighted by Gasteiger charge is -2.30. The molecule has 1 N–H and O–H groups in total. The zero-order chi connectivity index (χ0) is 31.9. The second-order valence-electron chi connectivity index (χ2n) is 12.0. The van der Waals surface area contributed by atoms with Crippen molar-refractivity contribution in [2.24, 2.45) is 0 Å². The fraction of sp³-hybridized carbons (Fsp3) is 0.421. The van der Waals surface area contributed by atoms with E-state index in [0.717, 1.165) is 48.5 Å². The summed E-state index contributed by atoms with van der Waals surface area (Å²) in [6.45, 7) is 17.7. The number of hydrogen-bond donors (Lipinski definition) is 1. The van der Waals surface area contributed by atoms with E-state index in [1.807, 2.05) is 37.3 Å². The van der Waals surface area contributed by atoms with Gasteiger partial charge in [0.1, 0.15) is 18.1 Å². The number of pyridine rings is 1. The predicted molar refractivity (Wildman–Crippen MR) is 182 cm³/mol. The highest BCUT2D eigenvalue weighted by molar-refractivity contribution is 5.70. The van der Waals surface area contributed by atoms with Crippen LogP contribution in [0.1, 0.15) is 79.8 Å². The summed E-state index contributed by atoms with van der Waals surface area (Å²) in [6.07, 6.45) is 8.80. The van der Waals surface area contributed by atoms with Crippen LogP contribution in [0.3, 0.4) is 0 Å². The van der Waals surface area contributed by atoms with Gasteiger partial charge in [-0.1, -0.05) is 63.6 Å². The zero-order valence-corrected chi connectivity index (χ0v) is 27.6. The summed E-state index contributed by atoms with van der Waals surface area (Å²) in [4.78, 5) is 7.68. The van der Waals surface area contributed by atoms with E-state index in [1.165, 1.54) is 54.1 Å². The number of ether oxygens (including phenoxy) is 2. The molecule has 2 aromatic carbocycles. The highest BCUT2D eigenvalue weighted by Crippen LogP contribution is 2.35. The van der Waals surface area contributed by atoms with E-state index in [-0.39, 0.29) is 5.76 Å². The number of aromatic nitrogens is 3. The maximum atomic E-state index is 10.0. The van der Waals surface area contributed by atoms with Gasteiger partial charge in [-0.25, -0.2) is 4.98 Å². The molecule has 0 amide bonds. The first-order valence-corrected chi connectivity index (χ1v) is 16.5. The van der Waals surface area contributed by atoms with Gasteiger partial charge < -0.3 is 14.6 Å². The first kappa shape index (κ1) is 32.3. The zero-order valence-electron chi connectivity index (χ0n) is 27.6. The number of aliphatic hydroxyl groups excluding tert-OH is 1. The molecule has 0 saturated heterocycles. The van der Waals surface area contributed by atoms with Crippen molar-refractivity contribution in [1.29, 1.82) is 0 Å². The van der Waals surface area contributed by atoms with Gasteiger partial charge in [0.2, 0.25) is 5.88 Å². The number of aryl methyl sites for hydroxylation is 1. The Morgan fingerprint density at radius 1 is 0.956 bits per heavy atom. The Morgan fingerprint density at radius 3 is 2.44 bits per heavy atom. The molecule has 3 heterocycles. The summed E-state index contributed by atoms with van der Waals surface area (Å²) in [7, 11) is 0. The quantitative estimate of drug-likeness (QED) is 0.154. The Kier molecular flexibility index (Phi) is 10.6. The lowest BCUT2D eigenvalue weighted by Crippen LogP contribution is -2.37. The number of para-hydroxylation sites is 1. The van der Waals surface area contributed by atoms with Gasteiger partial charge >= 0.3 is 0 Å². The van der Waals surface area contributed by atoms with E-state index in [9.17, 15) is 5.11 Å². The molecule has 1 aliphatic heterocycles. The third-order valence-electron chi connectivity index (χ3n) is 9.01. The minimum Gasteiger partial charge on any atom is -0.508 e. The number of benzene rings is 2. The van der Waals surface area contributed by atoms with Gasteiger partial charge in [-0.3, -0.25) is 4.90 Å². The second kappa shape index (κ2) is 14.8. The predicted octanol–water partition coefficient (Wildman–Crippen LogP) is 8.43. The third-order valence-corrected chi connectivity index (χ3v) is 9.01. The van der Waals surface area contributed by atoms with E-state index in [0.29, 0.717) is 36.5 Å². The molecule has 7 nitrogen and oxygen atoms in total. The average molecular weight is 609 g/mol. The molecular formula is C38H48N4O3. The van der Waals surface area contributed by atoms with E-state index >= 15 is 0 Å². The molecule has 0 unspecified atom stereocenters. The summed E-state index contributed by atoms with van der Waals surface area (Å²) in [5.41, 5.74) is 8.74. The number of fused-ring (bicyclic) bond motifs is 1. The molecule has 0 radical (unpaired) electrons. The van der Waals surface area contributed by atoms with Crippen LogP contribution >= 0.6 is 0 Å². The fourth-order valence-corrected chi connectivity index (χ4v) is 6.63. The van der Waals surface area contributed by atoms with E-state index in [4.69, 9.17) is 14.5 Å². The smallest absolute Gasteiger partial charge is 0.229 e. The summed E-state index contributed by atoms with van der Waals surface area (Å²) >= 11 is 0. The summed E-state index contributed by atoms with van der Waals surface area (Å²) < 4.78 is 14.0. The number of nitrogens with zero attached hydrogens (tertiary/aromatic N) is 4. The minimum atomic E-state index is -0.0992. The second-order valence-corrected chi connectivity index (χ2v) is 12.0. The molecule has 5 rings (SSSR count). The maximum absolute atomic E-state index is 10.0. The van der Waals surface area contributed by atoms with E-state index < -0.39 is 0 Å². The van der Waals surface area contributed by atoms with Crippen molar-refractivity contribution in [3.63, 3.8) is 0 Å². The monoisotopic (exact) mass is 608 g/mol. The molecule has 2 aromatic heterocycles. The molecule has 0 bridgehead atoms. The Morgan fingerprint density at radius 2 is 1.71 bits per heavy atom. The van der Waals surface area contributed by atoms with Gasteiger partial charge in [-0.15, -0.1) is 0 Å². The fourth-order valence-electron chi connectivity index (χ4n) is 6.63. The van der Waals surface area contributed by atoms with Gasteiger partial charge in [-0.2, -0.15) is 9.78 Å². The van der Waals surface area contributed by atoms with Crippen LogP contribution in [0.15, 0.2) is 61.3 Å². The molecule has 45 heavy (non-hydrogen) atoms. The molecule has 4 aromatic rings. The van der Waals surface area contributed by atoms with Crippen molar-refractivity contribution in [2.45, 2.75) is 85.8 Å². The molecular weight excluding hydrogens is 560 g/mol. The Balaban J connectivity index is 1.39. The summed E-state index contributed by atoms with van der Waals surface area (Å²) in [5.74, 6) is 1.70. The highest BCUT2D eigenvalue weighted by atomic mass is 16.5. The molecule has 0 aliphatic carbocycles. The highest BCUT2D eigenvalue weighted by Gasteiger charge is 2.23. The average Bonchev–Trinajstić information content (AvgIpc) is 3.33. The normalized spacial score (nSPS) is 13.5. The van der Waals surface area contributed by atoms with Crippen LogP contribution < -0.4 is 9.47 Å². The van der Waals surface area contributed by atoms with Crippen molar-refractivity contribution >= 4 is 5.76 Å². The lowest BCUT2D eigenvalue weighted by molar-refractivity contribution is 0.183. The Hall–Kier alpha value is -4.10. The van der Waals surface area contributed by atoms with Crippen LogP contribution in [-0.4, -0.2) is 50.5 Å². The number of aliphatic hydroxyl groups is 1. The van der Waals surface area contributed by atoms with Crippen LogP contribution in [0.5, 0.6) is 11.6 Å². The maximum Gasteiger partial charge on any atom is 0.229 e. The summed E-state index contributed by atoms with van der Waals surface area (Å²) in [5, 5.41) is 14.5. The van der Waals surface area contributed by atoms with Crippen LogP contribution in [0.4, 0.5) is 0 Å². The Labute approximate surface area is 268 Å². The van der Waals surface area contributed by atoms with Gasteiger partial charge in [0, 0.05) is 24.7 Å². The molecule has 0 saturated carbocycles. The van der Waals surface area contributed by atoms with Crippen LogP contribution in [-0.2, 0) is 19.4 Å². The standard InChI is InChI=1S/C38H48N4O3/c1-7-12-31(13-8-2)41-22-20-29-18-19-30(27(5)32(29)21-23-41)25-45-37-26(4)14-10-15-33(37)35-16-11-17-36(40-35)42-38(44-9-3)34(24-39-42)28(6)43/h10-11,14-19,24,31,43H,6-9,12-13,20-23,25H2,1-5H3. The SMILES string of the molecule is C=C(O)c1cnn(-c2cccc(-c3cccc(C)c3OCc3ccc4c(c3C)CCN(C(CCC)CCC)CC4)n2)c1OCC. The van der Waals surface area contributed by atoms with Crippen LogP contribution in [0.2, 0.25) is 0 Å². The van der Waals surface area contributed by atoms with Crippen LogP contribution in [0.25, 0.3) is 22.8 Å². The Bertz CT molecular complexity index is 1620. The van der Waals surface area contributed by atoms with Crippen molar-refractivity contribution < 1.29 is 14.6 Å². The van der Waals surface area contributed by atoms with Crippen LogP contribution in [0, 0.1) is 13.8 Å². The van der Waals surface area contributed by atoms with E-state index in [1.54, 1.807) is 4.68 Å². The molecule has 238 valence electrons. The molecule has 1 aliphatic rings. The molecule has 7 heteroatoms. The number of hydrogen-bond acceptors (Lipinski definition) is 6. The molecule has 0 spiro atoms. The third kappa shape index (κ3) is 7.09. The minimum absolute atomic E-state index is 0.0992. The van der Waals surface area contributed by atoms with Crippen molar-refractivity contribution in [3.05, 3.63) is 94.7 Å². The first-order valence-electron chi connectivity index (χ1n) is 16.5. The topological polar surface area (TPSA) is 72.6 Å². The largest absolute Gasteiger partial charge is 0.508 e. The van der Waals surface area contributed by atoms with Gasteiger partial charge in [0.25, 0.3) is 0 Å². The number of rotatable bonds is 13. The van der Waals surface area contributed by atoms with Gasteiger partial charge in [0.05, 0.1) is 24.1 Å².